The molecule has 1 N–H and O–H groups in total. The summed E-state index contributed by atoms with van der Waals surface area (Å²) in [6, 6.07) is 11.0. The standard InChI is InChI=1S/C16H12FNOS/c1-19-10-3-4-14-11(7-10)13-8-20-15-5-2-9(17)6-12(15)16(13)18-14/h2-7,18H,8H2,1H3. The van der Waals surface area contributed by atoms with Crippen molar-refractivity contribution in [2.75, 3.05) is 7.11 Å². The average Bonchev–Trinajstić information content (AvgIpc) is 2.85. The van der Waals surface area contributed by atoms with Gasteiger partial charge in [0.25, 0.3) is 0 Å². The van der Waals surface area contributed by atoms with Crippen LogP contribution in [0.1, 0.15) is 5.56 Å². The fraction of sp³-hybridized carbons (Fsp3) is 0.125. The van der Waals surface area contributed by atoms with Gasteiger partial charge in [-0.3, -0.25) is 0 Å². The van der Waals surface area contributed by atoms with Gasteiger partial charge in [-0.1, -0.05) is 0 Å². The van der Waals surface area contributed by atoms with Crippen LogP contribution >= 0.6 is 11.8 Å². The van der Waals surface area contributed by atoms with Gasteiger partial charge in [-0.15, -0.1) is 11.8 Å². The predicted molar refractivity (Wildman–Crippen MR) is 79.8 cm³/mol. The molecule has 1 aromatic heterocycles. The van der Waals surface area contributed by atoms with Crippen LogP contribution in [0.3, 0.4) is 0 Å². The summed E-state index contributed by atoms with van der Waals surface area (Å²) < 4.78 is 18.8. The number of benzene rings is 2. The number of rotatable bonds is 1. The molecule has 0 aliphatic carbocycles. The van der Waals surface area contributed by atoms with Gasteiger partial charge in [0, 0.05) is 27.1 Å². The Hall–Kier alpha value is -1.94. The van der Waals surface area contributed by atoms with Crippen LogP contribution in [0.4, 0.5) is 4.39 Å². The van der Waals surface area contributed by atoms with Crippen molar-refractivity contribution in [1.29, 1.82) is 0 Å². The fourth-order valence-corrected chi connectivity index (χ4v) is 3.79. The summed E-state index contributed by atoms with van der Waals surface area (Å²) in [7, 11) is 1.67. The van der Waals surface area contributed by atoms with Gasteiger partial charge in [0.1, 0.15) is 11.6 Å². The van der Waals surface area contributed by atoms with Crippen molar-refractivity contribution in [2.24, 2.45) is 0 Å². The molecule has 0 saturated heterocycles. The van der Waals surface area contributed by atoms with Crippen LogP contribution in [-0.4, -0.2) is 12.1 Å². The Morgan fingerprint density at radius 2 is 2.10 bits per heavy atom. The van der Waals surface area contributed by atoms with Crippen LogP contribution in [-0.2, 0) is 5.75 Å². The summed E-state index contributed by atoms with van der Waals surface area (Å²) in [5.74, 6) is 1.53. The van der Waals surface area contributed by atoms with Crippen LogP contribution in [0, 0.1) is 5.82 Å². The minimum absolute atomic E-state index is 0.201. The van der Waals surface area contributed by atoms with Crippen molar-refractivity contribution < 1.29 is 9.13 Å². The maximum absolute atomic E-state index is 13.5. The van der Waals surface area contributed by atoms with E-state index in [4.69, 9.17) is 4.74 Å². The van der Waals surface area contributed by atoms with Crippen LogP contribution in [0.25, 0.3) is 22.2 Å². The molecule has 4 heteroatoms. The number of thioether (sulfide) groups is 1. The monoisotopic (exact) mass is 285 g/mol. The summed E-state index contributed by atoms with van der Waals surface area (Å²) >= 11 is 1.75. The minimum atomic E-state index is -0.201. The summed E-state index contributed by atoms with van der Waals surface area (Å²) in [5, 5.41) is 1.15. The van der Waals surface area contributed by atoms with Crippen LogP contribution < -0.4 is 4.74 Å². The van der Waals surface area contributed by atoms with Gasteiger partial charge >= 0.3 is 0 Å². The lowest BCUT2D eigenvalue weighted by Crippen LogP contribution is -1.95. The summed E-state index contributed by atoms with van der Waals surface area (Å²) in [6.07, 6.45) is 0. The first-order chi connectivity index (χ1) is 9.76. The summed E-state index contributed by atoms with van der Waals surface area (Å²) in [5.41, 5.74) is 4.27. The second kappa shape index (κ2) is 4.28. The lowest BCUT2D eigenvalue weighted by molar-refractivity contribution is 0.415. The largest absolute Gasteiger partial charge is 0.497 e. The molecular weight excluding hydrogens is 273 g/mol. The number of hydrogen-bond donors (Lipinski definition) is 1. The van der Waals surface area contributed by atoms with E-state index in [2.05, 4.69) is 4.98 Å². The molecule has 0 spiro atoms. The highest BCUT2D eigenvalue weighted by molar-refractivity contribution is 7.98. The number of fused-ring (bicyclic) bond motifs is 5. The SMILES string of the molecule is COc1ccc2[nH]c3c(c2c1)CSc1ccc(F)cc1-3. The number of nitrogens with one attached hydrogen (secondary N) is 1. The summed E-state index contributed by atoms with van der Waals surface area (Å²) in [4.78, 5) is 4.54. The van der Waals surface area contributed by atoms with E-state index in [1.54, 1.807) is 24.9 Å². The van der Waals surface area contributed by atoms with Gasteiger partial charge in [-0.05, 0) is 42.0 Å². The van der Waals surface area contributed by atoms with E-state index in [9.17, 15) is 4.39 Å². The van der Waals surface area contributed by atoms with E-state index in [0.717, 1.165) is 38.6 Å². The zero-order chi connectivity index (χ0) is 13.7. The Balaban J connectivity index is 2.01. The number of H-pyrrole nitrogens is 1. The molecule has 0 amide bonds. The highest BCUT2D eigenvalue weighted by Gasteiger charge is 2.21. The normalized spacial score (nSPS) is 13.1. The van der Waals surface area contributed by atoms with Gasteiger partial charge in [-0.2, -0.15) is 0 Å². The van der Waals surface area contributed by atoms with Crippen LogP contribution in [0.15, 0.2) is 41.3 Å². The quantitative estimate of drug-likeness (QED) is 0.707. The third kappa shape index (κ3) is 1.64. The van der Waals surface area contributed by atoms with Gasteiger partial charge < -0.3 is 9.72 Å². The molecule has 1 aliphatic heterocycles. The van der Waals surface area contributed by atoms with E-state index in [1.165, 1.54) is 11.6 Å². The molecule has 0 unspecified atom stereocenters. The number of aromatic nitrogens is 1. The smallest absolute Gasteiger partial charge is 0.123 e. The minimum Gasteiger partial charge on any atom is -0.497 e. The first-order valence-electron chi connectivity index (χ1n) is 6.37. The number of hydrogen-bond acceptors (Lipinski definition) is 2. The predicted octanol–water partition coefficient (Wildman–Crippen LogP) is 4.59. The van der Waals surface area contributed by atoms with E-state index in [0.29, 0.717) is 0 Å². The molecule has 0 fully saturated rings. The lowest BCUT2D eigenvalue weighted by Gasteiger charge is -2.16. The Labute approximate surface area is 120 Å². The van der Waals surface area contributed by atoms with Gasteiger partial charge in [0.2, 0.25) is 0 Å². The number of halogens is 1. The van der Waals surface area contributed by atoms with Crippen molar-refractivity contribution in [3.05, 3.63) is 47.8 Å². The molecular formula is C16H12FNOS. The first kappa shape index (κ1) is 11.9. The maximum atomic E-state index is 13.5. The van der Waals surface area contributed by atoms with Crippen molar-refractivity contribution in [2.45, 2.75) is 10.6 Å². The molecule has 1 aliphatic rings. The second-order valence-electron chi connectivity index (χ2n) is 4.82. The highest BCUT2D eigenvalue weighted by atomic mass is 32.2. The molecule has 0 radical (unpaired) electrons. The van der Waals surface area contributed by atoms with E-state index in [-0.39, 0.29) is 5.82 Å². The fourth-order valence-electron chi connectivity index (χ4n) is 2.71. The average molecular weight is 285 g/mol. The molecule has 2 aromatic carbocycles. The maximum Gasteiger partial charge on any atom is 0.123 e. The third-order valence-corrected chi connectivity index (χ3v) is 4.80. The van der Waals surface area contributed by atoms with Crippen LogP contribution in [0.5, 0.6) is 5.75 Å². The topological polar surface area (TPSA) is 25.0 Å². The van der Waals surface area contributed by atoms with Crippen LogP contribution in [0.2, 0.25) is 0 Å². The molecule has 0 bridgehead atoms. The Morgan fingerprint density at radius 3 is 2.95 bits per heavy atom. The molecule has 20 heavy (non-hydrogen) atoms. The number of methoxy groups -OCH3 is 1. The van der Waals surface area contributed by atoms with Crippen molar-refractivity contribution in [3.63, 3.8) is 0 Å². The van der Waals surface area contributed by atoms with Gasteiger partial charge in [0.05, 0.1) is 12.8 Å². The Bertz CT molecular complexity index is 825. The first-order valence-corrected chi connectivity index (χ1v) is 7.36. The molecule has 2 nitrogen and oxygen atoms in total. The molecule has 3 aromatic rings. The summed E-state index contributed by atoms with van der Waals surface area (Å²) in [6.45, 7) is 0. The van der Waals surface area contributed by atoms with Crippen molar-refractivity contribution >= 4 is 22.7 Å². The molecule has 100 valence electrons. The Kier molecular flexibility index (Phi) is 2.54. The second-order valence-corrected chi connectivity index (χ2v) is 5.84. The molecule has 0 atom stereocenters. The number of ether oxygens (including phenoxy) is 1. The molecule has 0 saturated carbocycles. The number of aromatic amines is 1. The van der Waals surface area contributed by atoms with E-state index >= 15 is 0 Å². The Morgan fingerprint density at radius 1 is 1.20 bits per heavy atom. The van der Waals surface area contributed by atoms with E-state index in [1.807, 2.05) is 24.3 Å². The van der Waals surface area contributed by atoms with E-state index < -0.39 is 0 Å². The molecule has 4 rings (SSSR count). The molecule has 2 heterocycles. The lowest BCUT2D eigenvalue weighted by atomic mass is 10.1. The van der Waals surface area contributed by atoms with Crippen molar-refractivity contribution in [1.82, 2.24) is 4.98 Å². The zero-order valence-electron chi connectivity index (χ0n) is 10.9. The van der Waals surface area contributed by atoms with Gasteiger partial charge in [0.15, 0.2) is 0 Å². The highest BCUT2D eigenvalue weighted by Crippen LogP contribution is 2.44. The third-order valence-electron chi connectivity index (χ3n) is 3.70. The zero-order valence-corrected chi connectivity index (χ0v) is 11.7. The van der Waals surface area contributed by atoms with Crippen molar-refractivity contribution in [3.8, 4) is 17.0 Å². The van der Waals surface area contributed by atoms with Gasteiger partial charge in [-0.25, -0.2) is 4.39 Å².